The fourth-order valence-electron chi connectivity index (χ4n) is 2.46. The van der Waals surface area contributed by atoms with E-state index in [9.17, 15) is 4.79 Å². The Labute approximate surface area is 106 Å². The van der Waals surface area contributed by atoms with Gasteiger partial charge >= 0.3 is 0 Å². The Morgan fingerprint density at radius 1 is 1.35 bits per heavy atom. The van der Waals surface area contributed by atoms with E-state index in [-0.39, 0.29) is 11.3 Å². The van der Waals surface area contributed by atoms with Gasteiger partial charge in [0.25, 0.3) is 0 Å². The van der Waals surface area contributed by atoms with Crippen LogP contribution in [0.4, 0.5) is 0 Å². The zero-order valence-corrected chi connectivity index (χ0v) is 11.6. The molecule has 1 rings (SSSR count). The van der Waals surface area contributed by atoms with Crippen LogP contribution in [0.1, 0.15) is 59.3 Å². The van der Waals surface area contributed by atoms with E-state index < -0.39 is 0 Å². The molecule has 0 bridgehead atoms. The number of hydrogen-bond donors (Lipinski definition) is 2. The number of amides is 1. The number of carbonyl (C=O) groups excluding carboxylic acids is 1. The van der Waals surface area contributed by atoms with Crippen molar-refractivity contribution in [3.05, 3.63) is 0 Å². The highest BCUT2D eigenvalue weighted by atomic mass is 16.2. The predicted molar refractivity (Wildman–Crippen MR) is 72.0 cm³/mol. The smallest absolute Gasteiger partial charge is 0.227 e. The molecule has 0 aromatic carbocycles. The molecular weight excluding hydrogens is 212 g/mol. The summed E-state index contributed by atoms with van der Waals surface area (Å²) < 4.78 is 0. The van der Waals surface area contributed by atoms with Gasteiger partial charge in [-0.3, -0.25) is 4.79 Å². The van der Waals surface area contributed by atoms with E-state index in [1.54, 1.807) is 0 Å². The first-order chi connectivity index (χ1) is 8.12. The summed E-state index contributed by atoms with van der Waals surface area (Å²) in [6.45, 7) is 8.25. The van der Waals surface area contributed by atoms with Gasteiger partial charge in [-0.1, -0.05) is 33.1 Å². The molecule has 0 aromatic heterocycles. The lowest BCUT2D eigenvalue weighted by Crippen LogP contribution is -2.45. The fourth-order valence-corrected chi connectivity index (χ4v) is 2.46. The molecule has 1 amide bonds. The molecule has 2 unspecified atom stereocenters. The Bertz CT molecular complexity index is 234. The van der Waals surface area contributed by atoms with E-state index in [0.717, 1.165) is 38.8 Å². The summed E-state index contributed by atoms with van der Waals surface area (Å²) >= 11 is 0. The normalized spacial score (nSPS) is 25.8. The highest BCUT2D eigenvalue weighted by molar-refractivity contribution is 5.83. The Morgan fingerprint density at radius 2 is 2.12 bits per heavy atom. The van der Waals surface area contributed by atoms with E-state index >= 15 is 0 Å². The maximum absolute atomic E-state index is 12.3. The van der Waals surface area contributed by atoms with Crippen LogP contribution in [0.25, 0.3) is 0 Å². The fraction of sp³-hybridized carbons (Fsp3) is 0.929. The largest absolute Gasteiger partial charge is 0.353 e. The first kappa shape index (κ1) is 14.5. The van der Waals surface area contributed by atoms with Gasteiger partial charge in [-0.2, -0.15) is 0 Å². The van der Waals surface area contributed by atoms with Gasteiger partial charge in [0.1, 0.15) is 0 Å². The van der Waals surface area contributed by atoms with Crippen LogP contribution in [0.2, 0.25) is 0 Å². The van der Waals surface area contributed by atoms with E-state index in [1.165, 1.54) is 12.8 Å². The second-order valence-electron chi connectivity index (χ2n) is 5.59. The minimum atomic E-state index is -0.182. The molecule has 1 aliphatic rings. The minimum Gasteiger partial charge on any atom is -0.353 e. The highest BCUT2D eigenvalue weighted by Gasteiger charge is 2.36. The topological polar surface area (TPSA) is 41.1 Å². The van der Waals surface area contributed by atoms with Crippen molar-refractivity contribution in [1.82, 2.24) is 10.6 Å². The van der Waals surface area contributed by atoms with Crippen LogP contribution in [0.15, 0.2) is 0 Å². The van der Waals surface area contributed by atoms with Crippen LogP contribution in [0.3, 0.4) is 0 Å². The summed E-state index contributed by atoms with van der Waals surface area (Å²) in [5.41, 5.74) is -0.182. The molecule has 0 aromatic rings. The zero-order chi connectivity index (χ0) is 12.7. The molecule has 0 radical (unpaired) electrons. The lowest BCUT2D eigenvalue weighted by Gasteiger charge is -2.26. The van der Waals surface area contributed by atoms with E-state index in [0.29, 0.717) is 6.04 Å². The van der Waals surface area contributed by atoms with Crippen LogP contribution >= 0.6 is 0 Å². The summed E-state index contributed by atoms with van der Waals surface area (Å²) in [6.07, 6.45) is 6.75. The summed E-state index contributed by atoms with van der Waals surface area (Å²) in [6, 6.07) is 0.380. The van der Waals surface area contributed by atoms with Crippen molar-refractivity contribution in [2.24, 2.45) is 5.41 Å². The highest BCUT2D eigenvalue weighted by Crippen LogP contribution is 2.25. The average molecular weight is 240 g/mol. The monoisotopic (exact) mass is 240 g/mol. The molecule has 2 atom stereocenters. The molecule has 100 valence electrons. The van der Waals surface area contributed by atoms with Gasteiger partial charge in [0.2, 0.25) is 5.91 Å². The molecule has 3 nitrogen and oxygen atoms in total. The number of carbonyl (C=O) groups is 1. The summed E-state index contributed by atoms with van der Waals surface area (Å²) in [7, 11) is 0. The first-order valence-electron chi connectivity index (χ1n) is 7.14. The Morgan fingerprint density at radius 3 is 2.65 bits per heavy atom. The van der Waals surface area contributed by atoms with E-state index in [2.05, 4.69) is 31.4 Å². The molecule has 2 N–H and O–H groups in total. The average Bonchev–Trinajstić information content (AvgIpc) is 2.74. The molecule has 0 saturated carbocycles. The van der Waals surface area contributed by atoms with E-state index in [4.69, 9.17) is 0 Å². The Hall–Kier alpha value is -0.570. The van der Waals surface area contributed by atoms with Crippen molar-refractivity contribution < 1.29 is 4.79 Å². The maximum atomic E-state index is 12.3. The summed E-state index contributed by atoms with van der Waals surface area (Å²) in [4.78, 5) is 12.3. The third-order valence-corrected chi connectivity index (χ3v) is 3.80. The third-order valence-electron chi connectivity index (χ3n) is 3.80. The Kier molecular flexibility index (Phi) is 5.96. The van der Waals surface area contributed by atoms with Gasteiger partial charge in [0, 0.05) is 12.6 Å². The number of unbranched alkanes of at least 4 members (excludes halogenated alkanes) is 1. The predicted octanol–water partition coefficient (Wildman–Crippen LogP) is 2.46. The molecule has 0 aliphatic carbocycles. The zero-order valence-electron chi connectivity index (χ0n) is 11.6. The van der Waals surface area contributed by atoms with Gasteiger partial charge in [-0.05, 0) is 32.7 Å². The first-order valence-corrected chi connectivity index (χ1v) is 7.14. The standard InChI is InChI=1S/C14H28N2O/c1-4-6-8-12(7-5-2)16-13(17)14(3)9-10-15-11-14/h12,15H,4-11H2,1-3H3,(H,16,17). The van der Waals surface area contributed by atoms with Crippen molar-refractivity contribution in [3.63, 3.8) is 0 Å². The SMILES string of the molecule is CCCCC(CCC)NC(=O)C1(C)CCNC1. The molecular formula is C14H28N2O. The van der Waals surface area contributed by atoms with Crippen LogP contribution in [-0.2, 0) is 4.79 Å². The van der Waals surface area contributed by atoms with Crippen LogP contribution in [0, 0.1) is 5.41 Å². The van der Waals surface area contributed by atoms with Crippen molar-refractivity contribution in [3.8, 4) is 0 Å². The van der Waals surface area contributed by atoms with Crippen LogP contribution < -0.4 is 10.6 Å². The maximum Gasteiger partial charge on any atom is 0.227 e. The van der Waals surface area contributed by atoms with Crippen LogP contribution in [0.5, 0.6) is 0 Å². The van der Waals surface area contributed by atoms with Crippen LogP contribution in [-0.4, -0.2) is 25.0 Å². The van der Waals surface area contributed by atoms with Gasteiger partial charge in [-0.25, -0.2) is 0 Å². The van der Waals surface area contributed by atoms with Crippen molar-refractivity contribution in [2.45, 2.75) is 65.3 Å². The second kappa shape index (κ2) is 7.00. The molecule has 3 heteroatoms. The molecule has 17 heavy (non-hydrogen) atoms. The molecule has 1 fully saturated rings. The van der Waals surface area contributed by atoms with Gasteiger partial charge in [0.05, 0.1) is 5.41 Å². The lowest BCUT2D eigenvalue weighted by atomic mass is 9.88. The minimum absolute atomic E-state index is 0.182. The number of hydrogen-bond acceptors (Lipinski definition) is 2. The molecule has 1 saturated heterocycles. The number of nitrogens with one attached hydrogen (secondary N) is 2. The third kappa shape index (κ3) is 4.30. The summed E-state index contributed by atoms with van der Waals surface area (Å²) in [5.74, 6) is 0.247. The summed E-state index contributed by atoms with van der Waals surface area (Å²) in [5, 5.41) is 6.54. The van der Waals surface area contributed by atoms with Crippen molar-refractivity contribution >= 4 is 5.91 Å². The molecule has 0 spiro atoms. The van der Waals surface area contributed by atoms with Gasteiger partial charge < -0.3 is 10.6 Å². The van der Waals surface area contributed by atoms with E-state index in [1.807, 2.05) is 0 Å². The quantitative estimate of drug-likeness (QED) is 0.718. The number of rotatable bonds is 7. The lowest BCUT2D eigenvalue weighted by molar-refractivity contribution is -0.130. The van der Waals surface area contributed by atoms with Crippen molar-refractivity contribution in [1.29, 1.82) is 0 Å². The van der Waals surface area contributed by atoms with Gasteiger partial charge in [-0.15, -0.1) is 0 Å². The molecule has 1 heterocycles. The second-order valence-corrected chi connectivity index (χ2v) is 5.59. The molecule has 1 aliphatic heterocycles. The van der Waals surface area contributed by atoms with Gasteiger partial charge in [0.15, 0.2) is 0 Å². The van der Waals surface area contributed by atoms with Crippen molar-refractivity contribution in [2.75, 3.05) is 13.1 Å². The Balaban J connectivity index is 2.44.